The van der Waals surface area contributed by atoms with Crippen LogP contribution in [0.2, 0.25) is 5.02 Å². The highest BCUT2D eigenvalue weighted by Gasteiger charge is 2.14. The van der Waals surface area contributed by atoms with Gasteiger partial charge in [-0.2, -0.15) is 0 Å². The Morgan fingerprint density at radius 2 is 1.96 bits per heavy atom. The zero-order valence-corrected chi connectivity index (χ0v) is 15.1. The van der Waals surface area contributed by atoms with Crippen molar-refractivity contribution >= 4 is 28.2 Å². The van der Waals surface area contributed by atoms with Gasteiger partial charge in [0.2, 0.25) is 0 Å². The molecule has 0 aliphatic heterocycles. The van der Waals surface area contributed by atoms with Gasteiger partial charge in [-0.05, 0) is 49.2 Å². The molecule has 0 amide bonds. The van der Waals surface area contributed by atoms with Gasteiger partial charge in [-0.25, -0.2) is 9.97 Å². The van der Waals surface area contributed by atoms with Crippen molar-refractivity contribution in [2.75, 3.05) is 5.73 Å². The van der Waals surface area contributed by atoms with E-state index < -0.39 is 0 Å². The number of halogens is 1. The minimum Gasteiger partial charge on any atom is -0.397 e. The number of anilines is 1. The fourth-order valence-corrected chi connectivity index (χ4v) is 3.27. The quantitative estimate of drug-likeness (QED) is 0.555. The van der Waals surface area contributed by atoms with Gasteiger partial charge in [0.25, 0.3) is 0 Å². The van der Waals surface area contributed by atoms with Gasteiger partial charge in [-0.15, -0.1) is 0 Å². The van der Waals surface area contributed by atoms with E-state index in [0.29, 0.717) is 16.5 Å². The van der Waals surface area contributed by atoms with Gasteiger partial charge >= 0.3 is 0 Å². The predicted molar refractivity (Wildman–Crippen MR) is 105 cm³/mol. The van der Waals surface area contributed by atoms with Gasteiger partial charge in [-0.1, -0.05) is 11.6 Å². The number of aryl methyl sites for hydroxylation is 3. The summed E-state index contributed by atoms with van der Waals surface area (Å²) >= 11 is 6.25. The van der Waals surface area contributed by atoms with Crippen molar-refractivity contribution in [3.63, 3.8) is 0 Å². The number of aromatic nitrogens is 4. The molecule has 0 aliphatic carbocycles. The Morgan fingerprint density at radius 3 is 2.69 bits per heavy atom. The number of rotatable bonds is 4. The molecule has 2 N–H and O–H groups in total. The highest BCUT2D eigenvalue weighted by Crippen LogP contribution is 2.31. The average molecular weight is 364 g/mol. The molecule has 130 valence electrons. The lowest BCUT2D eigenvalue weighted by Crippen LogP contribution is -2.05. The lowest BCUT2D eigenvalue weighted by Gasteiger charge is -2.12. The normalized spacial score (nSPS) is 11.2. The van der Waals surface area contributed by atoms with Crippen LogP contribution in [0.15, 0.2) is 55.0 Å². The topological polar surface area (TPSA) is 69.6 Å². The first-order chi connectivity index (χ1) is 12.6. The zero-order chi connectivity index (χ0) is 18.1. The van der Waals surface area contributed by atoms with E-state index in [4.69, 9.17) is 22.3 Å². The van der Waals surface area contributed by atoms with Crippen LogP contribution in [0.3, 0.4) is 0 Å². The van der Waals surface area contributed by atoms with Gasteiger partial charge < -0.3 is 10.3 Å². The number of nitrogens with two attached hydrogens (primary N) is 1. The Balaban J connectivity index is 1.84. The molecule has 0 bridgehead atoms. The fraction of sp³-hybridized carbons (Fsp3) is 0.150. The third kappa shape index (κ3) is 3.02. The number of benzene rings is 1. The lowest BCUT2D eigenvalue weighted by molar-refractivity contribution is 0.792. The number of fused-ring (bicyclic) bond motifs is 1. The standard InChI is InChI=1S/C20H18ClN5/c1-26-11-3-5-14(26)6-8-16-18-17(9-7-15(21)19(18)22)25-20(24-16)13-4-2-10-23-12-13/h2-5,7,9-12H,6,8,22H2,1H3. The summed E-state index contributed by atoms with van der Waals surface area (Å²) in [5.74, 6) is 0.647. The highest BCUT2D eigenvalue weighted by atomic mass is 35.5. The molecule has 4 aromatic rings. The maximum atomic E-state index is 6.26. The first kappa shape index (κ1) is 16.5. The van der Waals surface area contributed by atoms with Crippen LogP contribution in [-0.2, 0) is 19.9 Å². The predicted octanol–water partition coefficient (Wildman–Crippen LogP) is 4.05. The van der Waals surface area contributed by atoms with Crippen LogP contribution < -0.4 is 5.73 Å². The second kappa shape index (κ2) is 6.77. The third-order valence-corrected chi connectivity index (χ3v) is 4.84. The molecule has 0 radical (unpaired) electrons. The van der Waals surface area contributed by atoms with E-state index in [1.807, 2.05) is 37.5 Å². The van der Waals surface area contributed by atoms with E-state index in [-0.39, 0.29) is 0 Å². The van der Waals surface area contributed by atoms with Crippen LogP contribution in [0.4, 0.5) is 5.69 Å². The van der Waals surface area contributed by atoms with Crippen molar-refractivity contribution in [1.82, 2.24) is 19.5 Å². The lowest BCUT2D eigenvalue weighted by atomic mass is 10.1. The van der Waals surface area contributed by atoms with Crippen LogP contribution in [0.5, 0.6) is 0 Å². The third-order valence-electron chi connectivity index (χ3n) is 4.52. The molecule has 0 aliphatic rings. The summed E-state index contributed by atoms with van der Waals surface area (Å²) in [4.78, 5) is 13.7. The number of nitrogens with zero attached hydrogens (tertiary/aromatic N) is 4. The molecular weight excluding hydrogens is 346 g/mol. The summed E-state index contributed by atoms with van der Waals surface area (Å²) in [6, 6.07) is 11.7. The zero-order valence-electron chi connectivity index (χ0n) is 14.4. The van der Waals surface area contributed by atoms with Crippen molar-refractivity contribution in [1.29, 1.82) is 0 Å². The van der Waals surface area contributed by atoms with E-state index in [9.17, 15) is 0 Å². The molecule has 0 saturated carbocycles. The van der Waals surface area contributed by atoms with E-state index in [0.717, 1.165) is 35.0 Å². The Kier molecular flexibility index (Phi) is 4.31. The Hall–Kier alpha value is -2.92. The van der Waals surface area contributed by atoms with E-state index in [1.54, 1.807) is 18.5 Å². The Labute approximate surface area is 156 Å². The van der Waals surface area contributed by atoms with Crippen LogP contribution in [-0.4, -0.2) is 19.5 Å². The van der Waals surface area contributed by atoms with Gasteiger partial charge in [0.05, 0.1) is 21.9 Å². The summed E-state index contributed by atoms with van der Waals surface area (Å²) in [5, 5.41) is 1.36. The summed E-state index contributed by atoms with van der Waals surface area (Å²) in [6.45, 7) is 0. The molecule has 3 aromatic heterocycles. The maximum absolute atomic E-state index is 6.26. The number of hydrogen-bond donors (Lipinski definition) is 1. The van der Waals surface area contributed by atoms with Crippen molar-refractivity contribution in [2.45, 2.75) is 12.8 Å². The molecule has 3 heterocycles. The molecule has 0 fully saturated rings. The number of nitrogen functional groups attached to an aromatic ring is 1. The molecule has 1 aromatic carbocycles. The summed E-state index contributed by atoms with van der Waals surface area (Å²) in [6.07, 6.45) is 7.14. The summed E-state index contributed by atoms with van der Waals surface area (Å²) < 4.78 is 2.11. The second-order valence-electron chi connectivity index (χ2n) is 6.20. The molecule has 0 spiro atoms. The van der Waals surface area contributed by atoms with E-state index >= 15 is 0 Å². The van der Waals surface area contributed by atoms with Gasteiger partial charge in [-0.3, -0.25) is 4.98 Å². The van der Waals surface area contributed by atoms with Gasteiger partial charge in [0.15, 0.2) is 5.82 Å². The van der Waals surface area contributed by atoms with Crippen LogP contribution in [0.1, 0.15) is 11.4 Å². The monoisotopic (exact) mass is 363 g/mol. The van der Waals surface area contributed by atoms with Crippen molar-refractivity contribution in [2.24, 2.45) is 7.05 Å². The Morgan fingerprint density at radius 1 is 1.08 bits per heavy atom. The SMILES string of the molecule is Cn1cccc1CCc1nc(-c2cccnc2)nc2ccc(Cl)c(N)c12. The minimum absolute atomic E-state index is 0.523. The summed E-state index contributed by atoms with van der Waals surface area (Å²) in [7, 11) is 2.04. The molecule has 0 unspecified atom stereocenters. The minimum atomic E-state index is 0.523. The molecule has 0 saturated heterocycles. The highest BCUT2D eigenvalue weighted by molar-refractivity contribution is 6.34. The molecule has 4 rings (SSSR count). The first-order valence-electron chi connectivity index (χ1n) is 8.38. The summed E-state index contributed by atoms with van der Waals surface area (Å²) in [5.41, 5.74) is 10.6. The van der Waals surface area contributed by atoms with Crippen molar-refractivity contribution < 1.29 is 0 Å². The smallest absolute Gasteiger partial charge is 0.161 e. The molecular formula is C20H18ClN5. The Bertz CT molecular complexity index is 1070. The molecule has 0 atom stereocenters. The largest absolute Gasteiger partial charge is 0.397 e. The fourth-order valence-electron chi connectivity index (χ4n) is 3.11. The van der Waals surface area contributed by atoms with Crippen LogP contribution in [0.25, 0.3) is 22.3 Å². The van der Waals surface area contributed by atoms with Crippen molar-refractivity contribution in [3.8, 4) is 11.4 Å². The van der Waals surface area contributed by atoms with E-state index in [2.05, 4.69) is 20.6 Å². The van der Waals surface area contributed by atoms with E-state index in [1.165, 1.54) is 5.69 Å². The van der Waals surface area contributed by atoms with Gasteiger partial charge in [0, 0.05) is 42.3 Å². The van der Waals surface area contributed by atoms with Crippen molar-refractivity contribution in [3.05, 3.63) is 71.4 Å². The van der Waals surface area contributed by atoms with Crippen LogP contribution >= 0.6 is 11.6 Å². The number of hydrogen-bond acceptors (Lipinski definition) is 4. The maximum Gasteiger partial charge on any atom is 0.161 e. The van der Waals surface area contributed by atoms with Gasteiger partial charge in [0.1, 0.15) is 0 Å². The first-order valence-corrected chi connectivity index (χ1v) is 8.76. The average Bonchev–Trinajstić information content (AvgIpc) is 3.08. The second-order valence-corrected chi connectivity index (χ2v) is 6.61. The van der Waals surface area contributed by atoms with Crippen LogP contribution in [0, 0.1) is 0 Å². The molecule has 5 nitrogen and oxygen atoms in total. The molecule has 6 heteroatoms. The number of pyridine rings is 1. The molecule has 26 heavy (non-hydrogen) atoms.